The Morgan fingerprint density at radius 2 is 1.61 bits per heavy atom. The van der Waals surface area contributed by atoms with Crippen LogP contribution in [-0.4, -0.2) is 46.4 Å². The third-order valence-corrected chi connectivity index (χ3v) is 7.24. The number of carboxylic acid groups (broad SMARTS) is 1. The largest absolute Gasteiger partial charge is 0.480 e. The maximum atomic E-state index is 12.6. The Kier molecular flexibility index (Phi) is 8.10. The van der Waals surface area contributed by atoms with Gasteiger partial charge < -0.3 is 19.9 Å². The summed E-state index contributed by atoms with van der Waals surface area (Å²) >= 11 is 0. The van der Waals surface area contributed by atoms with E-state index < -0.39 is 29.7 Å². The Hall–Kier alpha value is -4.20. The van der Waals surface area contributed by atoms with Crippen molar-refractivity contribution in [2.45, 2.75) is 57.6 Å². The number of carbonyl (C=O) groups is 3. The van der Waals surface area contributed by atoms with Crippen LogP contribution < -0.4 is 5.32 Å². The van der Waals surface area contributed by atoms with E-state index in [0.717, 1.165) is 22.3 Å². The van der Waals surface area contributed by atoms with Crippen molar-refractivity contribution in [2.24, 2.45) is 0 Å². The first-order valence-corrected chi connectivity index (χ1v) is 12.8. The predicted octanol–water partition coefficient (Wildman–Crippen LogP) is 5.35. The third-order valence-electron chi connectivity index (χ3n) is 7.24. The number of nitrogens with one attached hydrogen (secondary N) is 1. The number of nitrogens with zero attached hydrogens (tertiary/aromatic N) is 1. The standard InChI is InChI=1S/C30H32N2O6/c1-4-30(3,5-2)38-28(35)20-14-19(16-31-17-20)15-26(27(33)34)32-29(36)37-18-25-23-12-8-6-10-21(23)22-11-7-9-13-24(22)25/h6-14,16-17,25-26H,4-5,15,18H2,1-3H3,(H,32,36)(H,33,34)/t26-/m0/s1. The minimum absolute atomic E-state index is 0.0721. The summed E-state index contributed by atoms with van der Waals surface area (Å²) in [7, 11) is 0. The molecule has 1 aliphatic rings. The lowest BCUT2D eigenvalue weighted by Gasteiger charge is -2.26. The lowest BCUT2D eigenvalue weighted by molar-refractivity contribution is -0.139. The van der Waals surface area contributed by atoms with Gasteiger partial charge in [0.2, 0.25) is 0 Å². The topological polar surface area (TPSA) is 115 Å². The molecule has 1 amide bonds. The molecular formula is C30H32N2O6. The fourth-order valence-corrected chi connectivity index (χ4v) is 4.61. The highest BCUT2D eigenvalue weighted by Crippen LogP contribution is 2.44. The second-order valence-corrected chi connectivity index (χ2v) is 9.69. The Labute approximate surface area is 222 Å². The zero-order chi connectivity index (χ0) is 27.3. The van der Waals surface area contributed by atoms with Gasteiger partial charge in [0.15, 0.2) is 0 Å². The van der Waals surface area contributed by atoms with E-state index in [4.69, 9.17) is 9.47 Å². The summed E-state index contributed by atoms with van der Waals surface area (Å²) < 4.78 is 11.1. The number of carbonyl (C=O) groups excluding carboxylic acids is 2. The number of fused-ring (bicyclic) bond motifs is 3. The Morgan fingerprint density at radius 3 is 2.18 bits per heavy atom. The SMILES string of the molecule is CCC(C)(CC)OC(=O)c1cncc(C[C@H](NC(=O)OCC2c3ccccc3-c3ccccc32)C(=O)O)c1. The number of esters is 1. The molecule has 0 fully saturated rings. The molecule has 1 atom stereocenters. The minimum atomic E-state index is -1.27. The van der Waals surface area contributed by atoms with Gasteiger partial charge in [0.25, 0.3) is 0 Å². The molecule has 8 nitrogen and oxygen atoms in total. The summed E-state index contributed by atoms with van der Waals surface area (Å²) in [6.45, 7) is 5.82. The van der Waals surface area contributed by atoms with Crippen LogP contribution in [0.25, 0.3) is 11.1 Å². The number of rotatable bonds is 10. The van der Waals surface area contributed by atoms with Gasteiger partial charge in [0.1, 0.15) is 18.2 Å². The number of aromatic nitrogens is 1. The molecule has 2 aromatic carbocycles. The zero-order valence-corrected chi connectivity index (χ0v) is 21.8. The summed E-state index contributed by atoms with van der Waals surface area (Å²) in [5.41, 5.74) is 4.43. The molecular weight excluding hydrogens is 484 g/mol. The van der Waals surface area contributed by atoms with Crippen molar-refractivity contribution in [1.29, 1.82) is 0 Å². The highest BCUT2D eigenvalue weighted by atomic mass is 16.6. The molecule has 0 bridgehead atoms. The average Bonchev–Trinajstić information content (AvgIpc) is 3.25. The van der Waals surface area contributed by atoms with Gasteiger partial charge in [-0.25, -0.2) is 14.4 Å². The molecule has 1 aliphatic carbocycles. The fourth-order valence-electron chi connectivity index (χ4n) is 4.61. The summed E-state index contributed by atoms with van der Waals surface area (Å²) in [5, 5.41) is 12.2. The molecule has 8 heteroatoms. The van der Waals surface area contributed by atoms with Gasteiger partial charge in [0, 0.05) is 24.7 Å². The quantitative estimate of drug-likeness (QED) is 0.349. The normalized spacial score (nSPS) is 13.2. The summed E-state index contributed by atoms with van der Waals surface area (Å²) in [6.07, 6.45) is 3.26. The van der Waals surface area contributed by atoms with Crippen molar-refractivity contribution >= 4 is 18.0 Å². The van der Waals surface area contributed by atoms with Crippen LogP contribution in [-0.2, 0) is 20.7 Å². The number of hydrogen-bond donors (Lipinski definition) is 2. The molecule has 4 rings (SSSR count). The second-order valence-electron chi connectivity index (χ2n) is 9.69. The fraction of sp³-hybridized carbons (Fsp3) is 0.333. The Balaban J connectivity index is 1.40. The van der Waals surface area contributed by atoms with Gasteiger partial charge in [-0.3, -0.25) is 4.98 Å². The molecule has 0 radical (unpaired) electrons. The van der Waals surface area contributed by atoms with Crippen LogP contribution in [0, 0.1) is 0 Å². The highest BCUT2D eigenvalue weighted by Gasteiger charge is 2.30. The number of pyridine rings is 1. The van der Waals surface area contributed by atoms with Gasteiger partial charge in [0.05, 0.1) is 5.56 Å². The number of alkyl carbamates (subject to hydrolysis) is 1. The number of benzene rings is 2. The maximum absolute atomic E-state index is 12.6. The Morgan fingerprint density at radius 1 is 1.00 bits per heavy atom. The first-order valence-electron chi connectivity index (χ1n) is 12.8. The van der Waals surface area contributed by atoms with Gasteiger partial charge in [-0.15, -0.1) is 0 Å². The number of hydrogen-bond acceptors (Lipinski definition) is 6. The first-order chi connectivity index (χ1) is 18.2. The van der Waals surface area contributed by atoms with Crippen molar-refractivity contribution in [3.05, 3.63) is 89.2 Å². The summed E-state index contributed by atoms with van der Waals surface area (Å²) in [4.78, 5) is 41.3. The third kappa shape index (κ3) is 5.85. The van der Waals surface area contributed by atoms with Crippen LogP contribution in [0.3, 0.4) is 0 Å². The van der Waals surface area contributed by atoms with E-state index in [2.05, 4.69) is 10.3 Å². The summed E-state index contributed by atoms with van der Waals surface area (Å²) in [6, 6.07) is 16.2. The van der Waals surface area contributed by atoms with Crippen molar-refractivity contribution < 1.29 is 29.0 Å². The number of amides is 1. The molecule has 0 saturated carbocycles. The average molecular weight is 517 g/mol. The van der Waals surface area contributed by atoms with E-state index in [1.165, 1.54) is 18.5 Å². The highest BCUT2D eigenvalue weighted by molar-refractivity contribution is 5.89. The molecule has 0 spiro atoms. The number of aliphatic carboxylic acids is 1. The van der Waals surface area contributed by atoms with E-state index in [-0.39, 0.29) is 24.5 Å². The van der Waals surface area contributed by atoms with E-state index >= 15 is 0 Å². The van der Waals surface area contributed by atoms with Crippen LogP contribution in [0.15, 0.2) is 67.0 Å². The lowest BCUT2D eigenvalue weighted by Crippen LogP contribution is -2.43. The van der Waals surface area contributed by atoms with E-state index in [0.29, 0.717) is 18.4 Å². The van der Waals surface area contributed by atoms with Gasteiger partial charge in [-0.1, -0.05) is 62.4 Å². The maximum Gasteiger partial charge on any atom is 0.407 e. The lowest BCUT2D eigenvalue weighted by atomic mass is 9.98. The molecule has 198 valence electrons. The van der Waals surface area contributed by atoms with E-state index in [1.54, 1.807) is 0 Å². The van der Waals surface area contributed by atoms with E-state index in [1.807, 2.05) is 69.3 Å². The number of ether oxygens (including phenoxy) is 2. The van der Waals surface area contributed by atoms with Crippen LogP contribution in [0.5, 0.6) is 0 Å². The molecule has 3 aromatic rings. The van der Waals surface area contributed by atoms with Crippen molar-refractivity contribution in [3.63, 3.8) is 0 Å². The van der Waals surface area contributed by atoms with Crippen molar-refractivity contribution in [1.82, 2.24) is 10.3 Å². The smallest absolute Gasteiger partial charge is 0.407 e. The molecule has 0 aliphatic heterocycles. The first kappa shape index (κ1) is 26.9. The molecule has 2 N–H and O–H groups in total. The van der Waals surface area contributed by atoms with Gasteiger partial charge >= 0.3 is 18.0 Å². The number of carboxylic acids is 1. The van der Waals surface area contributed by atoms with Crippen molar-refractivity contribution in [3.8, 4) is 11.1 Å². The van der Waals surface area contributed by atoms with Crippen LogP contribution in [0.1, 0.15) is 66.6 Å². The monoisotopic (exact) mass is 516 g/mol. The molecule has 1 aromatic heterocycles. The van der Waals surface area contributed by atoms with Gasteiger partial charge in [-0.2, -0.15) is 0 Å². The Bertz CT molecular complexity index is 1290. The van der Waals surface area contributed by atoms with E-state index in [9.17, 15) is 19.5 Å². The molecule has 0 unspecified atom stereocenters. The van der Waals surface area contributed by atoms with Crippen LogP contribution in [0.4, 0.5) is 4.79 Å². The van der Waals surface area contributed by atoms with Crippen molar-refractivity contribution in [2.75, 3.05) is 6.61 Å². The zero-order valence-electron chi connectivity index (χ0n) is 21.8. The minimum Gasteiger partial charge on any atom is -0.480 e. The summed E-state index contributed by atoms with van der Waals surface area (Å²) in [5.74, 6) is -1.89. The van der Waals surface area contributed by atoms with Crippen LogP contribution >= 0.6 is 0 Å². The van der Waals surface area contributed by atoms with Gasteiger partial charge in [-0.05, 0) is 53.6 Å². The molecule has 38 heavy (non-hydrogen) atoms. The molecule has 0 saturated heterocycles. The van der Waals surface area contributed by atoms with Crippen LogP contribution in [0.2, 0.25) is 0 Å². The second kappa shape index (κ2) is 11.5. The predicted molar refractivity (Wildman–Crippen MR) is 142 cm³/mol. The molecule has 1 heterocycles.